The molecule has 5 aromatic carbocycles. The molecule has 6 aromatic rings. The van der Waals surface area contributed by atoms with Gasteiger partial charge >= 0.3 is 0 Å². The number of aliphatic imine (C=N–C) groups is 1. The summed E-state index contributed by atoms with van der Waals surface area (Å²) in [5, 5.41) is 2.20. The number of aromatic nitrogens is 3. The van der Waals surface area contributed by atoms with E-state index in [1.54, 1.807) is 0 Å². The van der Waals surface area contributed by atoms with Crippen molar-refractivity contribution in [3.63, 3.8) is 0 Å². The normalized spacial score (nSPS) is 14.5. The van der Waals surface area contributed by atoms with Crippen molar-refractivity contribution in [1.82, 2.24) is 19.9 Å². The van der Waals surface area contributed by atoms with E-state index in [2.05, 4.69) is 67.2 Å². The second-order valence-electron chi connectivity index (χ2n) is 10.6. The third kappa shape index (κ3) is 5.35. The molecule has 0 spiro atoms. The Labute approximate surface area is 257 Å². The highest BCUT2D eigenvalue weighted by Crippen LogP contribution is 2.38. The van der Waals surface area contributed by atoms with Gasteiger partial charge in [-0.2, -0.15) is 0 Å². The first-order valence-electron chi connectivity index (χ1n) is 14.5. The lowest BCUT2D eigenvalue weighted by molar-refractivity contribution is 0.687. The van der Waals surface area contributed by atoms with E-state index in [0.29, 0.717) is 23.2 Å². The molecule has 0 saturated carbocycles. The molecule has 0 N–H and O–H groups in total. The molecule has 1 aliphatic rings. The SMILES string of the molecule is C=C1/C=C\C=C/N(C)C(c2ccc(-c3ccc4ccccc4c3-c3nc(-c4ccccc4)nc(-c4ccccc4)n3)cc2)=N1. The van der Waals surface area contributed by atoms with Crippen LogP contribution in [-0.4, -0.2) is 32.7 Å². The summed E-state index contributed by atoms with van der Waals surface area (Å²) in [6.07, 6.45) is 7.82. The van der Waals surface area contributed by atoms with E-state index in [1.807, 2.05) is 97.0 Å². The van der Waals surface area contributed by atoms with Crippen LogP contribution >= 0.6 is 0 Å². The van der Waals surface area contributed by atoms with E-state index < -0.39 is 0 Å². The maximum absolute atomic E-state index is 5.09. The van der Waals surface area contributed by atoms with Crippen LogP contribution in [0, 0.1) is 0 Å². The number of fused-ring (bicyclic) bond motifs is 1. The van der Waals surface area contributed by atoms with Crippen molar-refractivity contribution in [1.29, 1.82) is 0 Å². The molecule has 2 heterocycles. The molecule has 0 bridgehead atoms. The van der Waals surface area contributed by atoms with Crippen molar-refractivity contribution in [2.45, 2.75) is 0 Å². The second-order valence-corrected chi connectivity index (χ2v) is 10.6. The van der Waals surface area contributed by atoms with Gasteiger partial charge in [-0.05, 0) is 34.1 Å². The average molecular weight is 568 g/mol. The number of hydrogen-bond acceptors (Lipinski definition) is 5. The number of allylic oxidation sites excluding steroid dienone is 3. The molecule has 0 atom stereocenters. The maximum atomic E-state index is 5.09. The average Bonchev–Trinajstić information content (AvgIpc) is 3.08. The lowest BCUT2D eigenvalue weighted by Gasteiger charge is -2.19. The van der Waals surface area contributed by atoms with Crippen LogP contribution in [0.3, 0.4) is 0 Å². The van der Waals surface area contributed by atoms with Gasteiger partial charge in [-0.25, -0.2) is 19.9 Å². The Morgan fingerprint density at radius 1 is 0.545 bits per heavy atom. The molecule has 0 saturated heterocycles. The number of rotatable bonds is 5. The van der Waals surface area contributed by atoms with Gasteiger partial charge in [-0.3, -0.25) is 0 Å². The first kappa shape index (κ1) is 26.9. The molecule has 210 valence electrons. The minimum atomic E-state index is 0.630. The molecule has 44 heavy (non-hydrogen) atoms. The monoisotopic (exact) mass is 567 g/mol. The van der Waals surface area contributed by atoms with E-state index in [0.717, 1.165) is 50.0 Å². The van der Waals surface area contributed by atoms with E-state index in [1.165, 1.54) is 0 Å². The summed E-state index contributed by atoms with van der Waals surface area (Å²) >= 11 is 0. The van der Waals surface area contributed by atoms with Gasteiger partial charge in [0, 0.05) is 35.5 Å². The molecular weight excluding hydrogens is 538 g/mol. The second kappa shape index (κ2) is 11.7. The van der Waals surface area contributed by atoms with Gasteiger partial charge in [0.1, 0.15) is 5.84 Å². The van der Waals surface area contributed by atoms with E-state index in [-0.39, 0.29) is 0 Å². The topological polar surface area (TPSA) is 54.3 Å². The third-order valence-electron chi connectivity index (χ3n) is 7.60. The largest absolute Gasteiger partial charge is 0.336 e. The zero-order chi connectivity index (χ0) is 29.9. The molecule has 0 radical (unpaired) electrons. The van der Waals surface area contributed by atoms with Crippen LogP contribution in [-0.2, 0) is 0 Å². The highest BCUT2D eigenvalue weighted by atomic mass is 15.1. The fraction of sp³-hybridized carbons (Fsp3) is 0.0256. The van der Waals surface area contributed by atoms with Gasteiger partial charge in [0.25, 0.3) is 0 Å². The molecule has 0 aliphatic carbocycles. The van der Waals surface area contributed by atoms with Crippen LogP contribution in [0.4, 0.5) is 0 Å². The zero-order valence-corrected chi connectivity index (χ0v) is 24.3. The van der Waals surface area contributed by atoms with Crippen molar-refractivity contribution in [3.8, 4) is 45.3 Å². The lowest BCUT2D eigenvalue weighted by Crippen LogP contribution is -2.22. The van der Waals surface area contributed by atoms with Crippen molar-refractivity contribution in [2.24, 2.45) is 4.99 Å². The zero-order valence-electron chi connectivity index (χ0n) is 24.3. The fourth-order valence-electron chi connectivity index (χ4n) is 5.41. The van der Waals surface area contributed by atoms with Crippen molar-refractivity contribution >= 4 is 16.6 Å². The number of amidine groups is 1. The Bertz CT molecular complexity index is 2020. The summed E-state index contributed by atoms with van der Waals surface area (Å²) in [6, 6.07) is 41.3. The molecule has 0 amide bonds. The van der Waals surface area contributed by atoms with E-state index in [4.69, 9.17) is 19.9 Å². The summed E-state index contributed by atoms with van der Waals surface area (Å²) in [5.74, 6) is 2.73. The van der Waals surface area contributed by atoms with E-state index >= 15 is 0 Å². The number of benzene rings is 5. The quantitative estimate of drug-likeness (QED) is 0.209. The van der Waals surface area contributed by atoms with Crippen LogP contribution in [0.5, 0.6) is 0 Å². The van der Waals surface area contributed by atoms with Crippen LogP contribution < -0.4 is 0 Å². The Hall–Kier alpha value is -5.94. The van der Waals surface area contributed by atoms with Crippen LogP contribution in [0.1, 0.15) is 5.56 Å². The van der Waals surface area contributed by atoms with Gasteiger partial charge < -0.3 is 4.90 Å². The summed E-state index contributed by atoms with van der Waals surface area (Å²) < 4.78 is 0. The Kier molecular flexibility index (Phi) is 7.19. The fourth-order valence-corrected chi connectivity index (χ4v) is 5.41. The van der Waals surface area contributed by atoms with Crippen molar-refractivity contribution in [3.05, 3.63) is 164 Å². The maximum Gasteiger partial charge on any atom is 0.165 e. The van der Waals surface area contributed by atoms with E-state index in [9.17, 15) is 0 Å². The molecule has 1 aliphatic heterocycles. The molecule has 7 rings (SSSR count). The summed E-state index contributed by atoms with van der Waals surface area (Å²) in [5.41, 5.74) is 6.64. The predicted molar refractivity (Wildman–Crippen MR) is 181 cm³/mol. The van der Waals surface area contributed by atoms with Crippen LogP contribution in [0.25, 0.3) is 56.1 Å². The van der Waals surface area contributed by atoms with Gasteiger partial charge in [-0.15, -0.1) is 0 Å². The minimum Gasteiger partial charge on any atom is -0.336 e. The van der Waals surface area contributed by atoms with Crippen LogP contribution in [0.2, 0.25) is 0 Å². The molecular formula is C39H29N5. The van der Waals surface area contributed by atoms with Gasteiger partial charge in [0.2, 0.25) is 0 Å². The standard InChI is InChI=1S/C39H29N5/c1-27-13-11-12-26-44(2)39(40-27)32-22-20-29(21-23-32)34-25-24-28-14-9-10-19-33(28)35(34)38-42-36(30-15-5-3-6-16-30)41-37(43-38)31-17-7-4-8-18-31/h3-26H,1H2,2H3/b13-11-,26-12-,40-39?. The van der Waals surface area contributed by atoms with Gasteiger partial charge in [0.05, 0.1) is 5.70 Å². The van der Waals surface area contributed by atoms with Crippen molar-refractivity contribution in [2.75, 3.05) is 7.05 Å². The predicted octanol–water partition coefficient (Wildman–Crippen LogP) is 8.97. The molecule has 0 fully saturated rings. The highest BCUT2D eigenvalue weighted by Gasteiger charge is 2.19. The molecule has 1 aromatic heterocycles. The first-order valence-corrected chi connectivity index (χ1v) is 14.5. The highest BCUT2D eigenvalue weighted by molar-refractivity contribution is 6.04. The minimum absolute atomic E-state index is 0.630. The Morgan fingerprint density at radius 3 is 1.82 bits per heavy atom. The number of hydrogen-bond donors (Lipinski definition) is 0. The lowest BCUT2D eigenvalue weighted by atomic mass is 9.93. The summed E-state index contributed by atoms with van der Waals surface area (Å²) in [4.78, 5) is 21.9. The van der Waals surface area contributed by atoms with Gasteiger partial charge in [-0.1, -0.05) is 134 Å². The third-order valence-corrected chi connectivity index (χ3v) is 7.60. The smallest absolute Gasteiger partial charge is 0.165 e. The van der Waals surface area contributed by atoms with Crippen LogP contribution in [0.15, 0.2) is 163 Å². The molecule has 5 heteroatoms. The Balaban J connectivity index is 1.42. The molecule has 5 nitrogen and oxygen atoms in total. The summed E-state index contributed by atoms with van der Waals surface area (Å²) in [6.45, 7) is 4.07. The first-order chi connectivity index (χ1) is 21.6. The summed E-state index contributed by atoms with van der Waals surface area (Å²) in [7, 11) is 1.99. The number of nitrogens with zero attached hydrogens (tertiary/aromatic N) is 5. The molecule has 0 unspecified atom stereocenters. The van der Waals surface area contributed by atoms with Gasteiger partial charge in [0.15, 0.2) is 17.5 Å². The van der Waals surface area contributed by atoms with Crippen molar-refractivity contribution < 1.29 is 0 Å². The Morgan fingerprint density at radius 2 is 1.14 bits per heavy atom.